The first-order valence-electron chi connectivity index (χ1n) is 6.49. The molecule has 2 aromatic rings. The van der Waals surface area contributed by atoms with Crippen LogP contribution in [-0.4, -0.2) is 10.8 Å². The minimum atomic E-state index is -0.158. The van der Waals surface area contributed by atoms with Crippen molar-refractivity contribution >= 4 is 27.8 Å². The molecule has 3 heteroatoms. The Bertz CT molecular complexity index is 587. The van der Waals surface area contributed by atoms with E-state index in [0.29, 0.717) is 0 Å². The highest BCUT2D eigenvalue weighted by atomic mass is 32.2. The Morgan fingerprint density at radius 1 is 1.16 bits per heavy atom. The lowest BCUT2D eigenvalue weighted by Gasteiger charge is -2.24. The van der Waals surface area contributed by atoms with E-state index in [1.54, 1.807) is 0 Å². The molecule has 2 aromatic carbocycles. The second-order valence-electron chi connectivity index (χ2n) is 5.23. The molecule has 100 valence electrons. The molecule has 0 heterocycles. The van der Waals surface area contributed by atoms with Crippen molar-refractivity contribution in [1.82, 2.24) is 5.32 Å². The van der Waals surface area contributed by atoms with Crippen LogP contribution in [0.1, 0.15) is 27.2 Å². The lowest BCUT2D eigenvalue weighted by atomic mass is 10.0. The van der Waals surface area contributed by atoms with Crippen LogP contribution in [0.4, 0.5) is 4.79 Å². The van der Waals surface area contributed by atoms with Crippen molar-refractivity contribution in [2.24, 2.45) is 0 Å². The van der Waals surface area contributed by atoms with E-state index >= 15 is 0 Å². The molecule has 1 N–H and O–H groups in total. The van der Waals surface area contributed by atoms with Crippen LogP contribution in [0.25, 0.3) is 10.8 Å². The van der Waals surface area contributed by atoms with E-state index in [9.17, 15) is 4.79 Å². The summed E-state index contributed by atoms with van der Waals surface area (Å²) >= 11 is 1.27. The van der Waals surface area contributed by atoms with Crippen molar-refractivity contribution in [3.63, 3.8) is 0 Å². The monoisotopic (exact) mass is 273 g/mol. The molecule has 0 saturated heterocycles. The summed E-state index contributed by atoms with van der Waals surface area (Å²) in [7, 11) is 0. The zero-order valence-corrected chi connectivity index (χ0v) is 12.4. The lowest BCUT2D eigenvalue weighted by Crippen LogP contribution is -2.40. The highest BCUT2D eigenvalue weighted by molar-refractivity contribution is 8.13. The van der Waals surface area contributed by atoms with E-state index in [4.69, 9.17) is 0 Å². The topological polar surface area (TPSA) is 29.1 Å². The van der Waals surface area contributed by atoms with Gasteiger partial charge >= 0.3 is 0 Å². The third-order valence-corrected chi connectivity index (χ3v) is 4.14. The van der Waals surface area contributed by atoms with E-state index in [1.165, 1.54) is 11.8 Å². The fourth-order valence-corrected chi connectivity index (χ4v) is 2.74. The number of carbonyl (C=O) groups excluding carboxylic acids is 1. The molecule has 0 bridgehead atoms. The van der Waals surface area contributed by atoms with E-state index in [0.717, 1.165) is 22.1 Å². The Labute approximate surface area is 118 Å². The maximum Gasteiger partial charge on any atom is 0.284 e. The number of nitrogens with one attached hydrogen (secondary N) is 1. The second kappa shape index (κ2) is 5.66. The fourth-order valence-electron chi connectivity index (χ4n) is 1.77. The second-order valence-corrected chi connectivity index (χ2v) is 6.24. The SMILES string of the molecule is CCC(C)(C)NC(=O)Sc1cccc2ccccc12. The van der Waals surface area contributed by atoms with Gasteiger partial charge in [-0.15, -0.1) is 0 Å². The van der Waals surface area contributed by atoms with Crippen LogP contribution in [-0.2, 0) is 0 Å². The van der Waals surface area contributed by atoms with E-state index in [1.807, 2.05) is 38.1 Å². The van der Waals surface area contributed by atoms with Gasteiger partial charge in [-0.1, -0.05) is 43.3 Å². The van der Waals surface area contributed by atoms with Crippen LogP contribution in [0.5, 0.6) is 0 Å². The van der Waals surface area contributed by atoms with Crippen LogP contribution in [0, 0.1) is 0 Å². The number of hydrogen-bond donors (Lipinski definition) is 1. The Kier molecular flexibility index (Phi) is 4.15. The molecule has 0 aromatic heterocycles. The lowest BCUT2D eigenvalue weighted by molar-refractivity contribution is 0.250. The number of fused-ring (bicyclic) bond motifs is 1. The standard InChI is InChI=1S/C16H19NOS/c1-4-16(2,3)17-15(18)19-14-11-7-9-12-8-5-6-10-13(12)14/h5-11H,4H2,1-3H3,(H,17,18). The van der Waals surface area contributed by atoms with Crippen molar-refractivity contribution in [3.8, 4) is 0 Å². The molecule has 0 atom stereocenters. The number of hydrogen-bond acceptors (Lipinski definition) is 2. The average molecular weight is 273 g/mol. The van der Waals surface area contributed by atoms with Crippen LogP contribution in [0.2, 0.25) is 0 Å². The van der Waals surface area contributed by atoms with E-state index < -0.39 is 0 Å². The predicted molar refractivity (Wildman–Crippen MR) is 82.7 cm³/mol. The maximum atomic E-state index is 12.1. The fraction of sp³-hybridized carbons (Fsp3) is 0.312. The minimum absolute atomic E-state index is 0.00297. The van der Waals surface area contributed by atoms with Gasteiger partial charge in [-0.25, -0.2) is 0 Å². The summed E-state index contributed by atoms with van der Waals surface area (Å²) in [5.74, 6) is 0. The summed E-state index contributed by atoms with van der Waals surface area (Å²) in [5.41, 5.74) is -0.158. The molecular weight excluding hydrogens is 254 g/mol. The molecule has 0 aliphatic rings. The summed E-state index contributed by atoms with van der Waals surface area (Å²) in [6.07, 6.45) is 0.912. The van der Waals surface area contributed by atoms with Gasteiger partial charge in [-0.05, 0) is 48.9 Å². The molecule has 0 fully saturated rings. The normalized spacial score (nSPS) is 11.5. The summed E-state index contributed by atoms with van der Waals surface area (Å²) in [6, 6.07) is 14.2. The number of amides is 1. The molecule has 0 aliphatic carbocycles. The largest absolute Gasteiger partial charge is 0.342 e. The number of carbonyl (C=O) groups is 1. The van der Waals surface area contributed by atoms with E-state index in [2.05, 4.69) is 30.4 Å². The summed E-state index contributed by atoms with van der Waals surface area (Å²) in [5, 5.41) is 5.33. The third-order valence-electron chi connectivity index (χ3n) is 3.28. The first-order chi connectivity index (χ1) is 9.02. The van der Waals surface area contributed by atoms with Crippen LogP contribution in [0.15, 0.2) is 47.4 Å². The average Bonchev–Trinajstić information content (AvgIpc) is 2.38. The predicted octanol–water partition coefficient (Wildman–Crippen LogP) is 4.83. The molecule has 0 unspecified atom stereocenters. The molecular formula is C16H19NOS. The first-order valence-corrected chi connectivity index (χ1v) is 7.31. The zero-order chi connectivity index (χ0) is 13.9. The van der Waals surface area contributed by atoms with Crippen molar-refractivity contribution in [1.29, 1.82) is 0 Å². The van der Waals surface area contributed by atoms with Gasteiger partial charge in [0.2, 0.25) is 0 Å². The molecule has 0 radical (unpaired) electrons. The molecule has 0 spiro atoms. The van der Waals surface area contributed by atoms with Gasteiger partial charge in [-0.3, -0.25) is 4.79 Å². The smallest absolute Gasteiger partial charge is 0.284 e. The van der Waals surface area contributed by atoms with Crippen molar-refractivity contribution < 1.29 is 4.79 Å². The quantitative estimate of drug-likeness (QED) is 0.811. The van der Waals surface area contributed by atoms with Crippen molar-refractivity contribution in [2.45, 2.75) is 37.6 Å². The summed E-state index contributed by atoms with van der Waals surface area (Å²) < 4.78 is 0. The van der Waals surface area contributed by atoms with Gasteiger partial charge in [0, 0.05) is 10.4 Å². The highest BCUT2D eigenvalue weighted by Crippen LogP contribution is 2.28. The van der Waals surface area contributed by atoms with Gasteiger partial charge in [0.1, 0.15) is 0 Å². The Morgan fingerprint density at radius 2 is 1.84 bits per heavy atom. The molecule has 0 saturated carbocycles. The molecule has 0 aliphatic heterocycles. The third kappa shape index (κ3) is 3.51. The van der Waals surface area contributed by atoms with E-state index in [-0.39, 0.29) is 10.8 Å². The Hall–Kier alpha value is -1.48. The van der Waals surface area contributed by atoms with Gasteiger partial charge in [0.05, 0.1) is 0 Å². The van der Waals surface area contributed by atoms with Crippen LogP contribution < -0.4 is 5.32 Å². The Morgan fingerprint density at radius 3 is 2.58 bits per heavy atom. The Balaban J connectivity index is 2.20. The molecule has 2 nitrogen and oxygen atoms in total. The summed E-state index contributed by atoms with van der Waals surface area (Å²) in [6.45, 7) is 6.14. The highest BCUT2D eigenvalue weighted by Gasteiger charge is 2.18. The van der Waals surface area contributed by atoms with Gasteiger partial charge < -0.3 is 5.32 Å². The minimum Gasteiger partial charge on any atom is -0.342 e. The number of benzene rings is 2. The van der Waals surface area contributed by atoms with Gasteiger partial charge in [0.25, 0.3) is 5.24 Å². The van der Waals surface area contributed by atoms with Crippen molar-refractivity contribution in [3.05, 3.63) is 42.5 Å². The zero-order valence-electron chi connectivity index (χ0n) is 11.6. The number of thioether (sulfide) groups is 1. The van der Waals surface area contributed by atoms with Crippen molar-refractivity contribution in [2.75, 3.05) is 0 Å². The number of rotatable bonds is 3. The van der Waals surface area contributed by atoms with Crippen LogP contribution >= 0.6 is 11.8 Å². The summed E-state index contributed by atoms with van der Waals surface area (Å²) in [4.78, 5) is 13.1. The maximum absolute atomic E-state index is 12.1. The molecule has 1 amide bonds. The molecule has 19 heavy (non-hydrogen) atoms. The van der Waals surface area contributed by atoms with Crippen LogP contribution in [0.3, 0.4) is 0 Å². The molecule has 2 rings (SSSR count). The first kappa shape index (κ1) is 13.9. The van der Waals surface area contributed by atoms with Gasteiger partial charge in [0.15, 0.2) is 0 Å². The van der Waals surface area contributed by atoms with Gasteiger partial charge in [-0.2, -0.15) is 0 Å².